The SMILES string of the molecule is Cn1ccc(C(=O)N2CCN(S(=O)(=O)c3ccc4nc[nH]c4c3)CC2)c1. The van der Waals surface area contributed by atoms with Crippen molar-refractivity contribution in [3.8, 4) is 0 Å². The minimum Gasteiger partial charge on any atom is -0.356 e. The minimum absolute atomic E-state index is 0.0680. The Morgan fingerprint density at radius 2 is 1.92 bits per heavy atom. The van der Waals surface area contributed by atoms with E-state index in [2.05, 4.69) is 9.97 Å². The smallest absolute Gasteiger partial charge is 0.255 e. The molecule has 136 valence electrons. The highest BCUT2D eigenvalue weighted by Gasteiger charge is 2.30. The van der Waals surface area contributed by atoms with Gasteiger partial charge in [0.2, 0.25) is 10.0 Å². The van der Waals surface area contributed by atoms with E-state index in [0.717, 1.165) is 5.52 Å². The van der Waals surface area contributed by atoms with E-state index >= 15 is 0 Å². The summed E-state index contributed by atoms with van der Waals surface area (Å²) in [4.78, 5) is 21.4. The van der Waals surface area contributed by atoms with Crippen molar-refractivity contribution in [1.82, 2.24) is 23.7 Å². The fraction of sp³-hybridized carbons (Fsp3) is 0.294. The van der Waals surface area contributed by atoms with Gasteiger partial charge in [0.05, 0.1) is 27.8 Å². The van der Waals surface area contributed by atoms with Crippen molar-refractivity contribution in [2.75, 3.05) is 26.2 Å². The summed E-state index contributed by atoms with van der Waals surface area (Å²) < 4.78 is 29.0. The highest BCUT2D eigenvalue weighted by Crippen LogP contribution is 2.21. The zero-order valence-electron chi connectivity index (χ0n) is 14.3. The molecule has 0 aliphatic carbocycles. The zero-order chi connectivity index (χ0) is 18.3. The van der Waals surface area contributed by atoms with Gasteiger partial charge in [-0.05, 0) is 24.3 Å². The number of amides is 1. The van der Waals surface area contributed by atoms with Crippen LogP contribution in [0.1, 0.15) is 10.4 Å². The van der Waals surface area contributed by atoms with Gasteiger partial charge in [-0.15, -0.1) is 0 Å². The van der Waals surface area contributed by atoms with Crippen molar-refractivity contribution in [1.29, 1.82) is 0 Å². The molecule has 0 spiro atoms. The van der Waals surface area contributed by atoms with Crippen LogP contribution in [0.4, 0.5) is 0 Å². The number of carbonyl (C=O) groups excluding carboxylic acids is 1. The number of rotatable bonds is 3. The third-order valence-corrected chi connectivity index (χ3v) is 6.53. The van der Waals surface area contributed by atoms with Crippen molar-refractivity contribution in [3.05, 3.63) is 48.5 Å². The second kappa shape index (κ2) is 6.26. The number of imidazole rings is 1. The molecular formula is C17H19N5O3S. The molecule has 0 radical (unpaired) electrons. The van der Waals surface area contributed by atoms with Crippen LogP contribution in [0.25, 0.3) is 11.0 Å². The van der Waals surface area contributed by atoms with Crippen LogP contribution in [-0.2, 0) is 17.1 Å². The summed E-state index contributed by atoms with van der Waals surface area (Å²) in [5.41, 5.74) is 2.03. The normalized spacial score (nSPS) is 16.3. The van der Waals surface area contributed by atoms with E-state index in [1.807, 2.05) is 17.8 Å². The van der Waals surface area contributed by atoms with Crippen LogP contribution in [0, 0.1) is 0 Å². The maximum atomic E-state index is 12.9. The van der Waals surface area contributed by atoms with Gasteiger partial charge in [-0.1, -0.05) is 0 Å². The van der Waals surface area contributed by atoms with Crippen LogP contribution >= 0.6 is 0 Å². The molecule has 0 saturated carbocycles. The molecular weight excluding hydrogens is 354 g/mol. The van der Waals surface area contributed by atoms with Crippen LogP contribution in [0.15, 0.2) is 47.9 Å². The van der Waals surface area contributed by atoms with E-state index < -0.39 is 10.0 Å². The van der Waals surface area contributed by atoms with Gasteiger partial charge in [0.1, 0.15) is 0 Å². The molecule has 1 aliphatic rings. The van der Waals surface area contributed by atoms with Crippen LogP contribution in [0.2, 0.25) is 0 Å². The molecule has 1 amide bonds. The number of H-pyrrole nitrogens is 1. The second-order valence-corrected chi connectivity index (χ2v) is 8.28. The molecule has 0 bridgehead atoms. The summed E-state index contributed by atoms with van der Waals surface area (Å²) in [7, 11) is -1.74. The number of aromatic amines is 1. The number of aromatic nitrogens is 3. The number of hydrogen-bond acceptors (Lipinski definition) is 4. The van der Waals surface area contributed by atoms with Crippen LogP contribution in [0.5, 0.6) is 0 Å². The molecule has 3 heterocycles. The summed E-state index contributed by atoms with van der Waals surface area (Å²) >= 11 is 0. The number of benzene rings is 1. The Bertz CT molecular complexity index is 1060. The van der Waals surface area contributed by atoms with Crippen LogP contribution in [0.3, 0.4) is 0 Å². The number of piperazine rings is 1. The molecule has 0 unspecified atom stereocenters. The number of nitrogens with zero attached hydrogens (tertiary/aromatic N) is 4. The van der Waals surface area contributed by atoms with Gasteiger partial charge in [0, 0.05) is 45.6 Å². The first-order chi connectivity index (χ1) is 12.4. The van der Waals surface area contributed by atoms with Gasteiger partial charge in [-0.3, -0.25) is 4.79 Å². The van der Waals surface area contributed by atoms with Crippen molar-refractivity contribution in [3.63, 3.8) is 0 Å². The topological polar surface area (TPSA) is 91.3 Å². The van der Waals surface area contributed by atoms with Gasteiger partial charge in [0.15, 0.2) is 0 Å². The van der Waals surface area contributed by atoms with Crippen LogP contribution in [-0.4, -0.2) is 64.2 Å². The lowest BCUT2D eigenvalue weighted by Crippen LogP contribution is -2.50. The number of carbonyl (C=O) groups is 1. The third-order valence-electron chi connectivity index (χ3n) is 4.63. The Labute approximate surface area is 151 Å². The average Bonchev–Trinajstić information content (AvgIpc) is 3.29. The van der Waals surface area contributed by atoms with E-state index in [4.69, 9.17) is 0 Å². The molecule has 26 heavy (non-hydrogen) atoms. The molecule has 4 rings (SSSR count). The average molecular weight is 373 g/mol. The lowest BCUT2D eigenvalue weighted by atomic mass is 10.2. The van der Waals surface area contributed by atoms with Gasteiger partial charge in [0.25, 0.3) is 5.91 Å². The Balaban J connectivity index is 1.49. The monoisotopic (exact) mass is 373 g/mol. The van der Waals surface area contributed by atoms with Gasteiger partial charge >= 0.3 is 0 Å². The van der Waals surface area contributed by atoms with E-state index in [9.17, 15) is 13.2 Å². The molecule has 0 atom stereocenters. The quantitative estimate of drug-likeness (QED) is 0.743. The second-order valence-electron chi connectivity index (χ2n) is 6.34. The lowest BCUT2D eigenvalue weighted by molar-refractivity contribution is 0.0698. The fourth-order valence-electron chi connectivity index (χ4n) is 3.17. The first-order valence-corrected chi connectivity index (χ1v) is 9.74. The number of nitrogens with one attached hydrogen (secondary N) is 1. The predicted octanol–water partition coefficient (Wildman–Crippen LogP) is 1.05. The molecule has 1 saturated heterocycles. The van der Waals surface area contributed by atoms with Crippen molar-refractivity contribution >= 4 is 27.0 Å². The zero-order valence-corrected chi connectivity index (χ0v) is 15.1. The van der Waals surface area contributed by atoms with E-state index in [1.54, 1.807) is 35.4 Å². The Kier molecular flexibility index (Phi) is 4.04. The molecule has 3 aromatic rings. The highest BCUT2D eigenvalue weighted by molar-refractivity contribution is 7.89. The maximum absolute atomic E-state index is 12.9. The van der Waals surface area contributed by atoms with E-state index in [1.165, 1.54) is 10.6 Å². The minimum atomic E-state index is -3.60. The van der Waals surface area contributed by atoms with Crippen LogP contribution < -0.4 is 0 Å². The fourth-order valence-corrected chi connectivity index (χ4v) is 4.62. The number of sulfonamides is 1. The molecule has 1 N–H and O–H groups in total. The summed E-state index contributed by atoms with van der Waals surface area (Å²) in [6.45, 7) is 1.31. The lowest BCUT2D eigenvalue weighted by Gasteiger charge is -2.33. The van der Waals surface area contributed by atoms with Crippen molar-refractivity contribution in [2.45, 2.75) is 4.90 Å². The molecule has 1 aromatic carbocycles. The van der Waals surface area contributed by atoms with E-state index in [-0.39, 0.29) is 23.9 Å². The first-order valence-electron chi connectivity index (χ1n) is 8.30. The predicted molar refractivity (Wildman–Crippen MR) is 96.2 cm³/mol. The summed E-state index contributed by atoms with van der Waals surface area (Å²) in [5.74, 6) is -0.0680. The number of fused-ring (bicyclic) bond motifs is 1. The Morgan fingerprint density at radius 1 is 1.15 bits per heavy atom. The van der Waals surface area contributed by atoms with Crippen molar-refractivity contribution in [2.24, 2.45) is 7.05 Å². The highest BCUT2D eigenvalue weighted by atomic mass is 32.2. The summed E-state index contributed by atoms with van der Waals surface area (Å²) in [6, 6.07) is 6.62. The van der Waals surface area contributed by atoms with Crippen molar-refractivity contribution < 1.29 is 13.2 Å². The number of aryl methyl sites for hydroxylation is 1. The third kappa shape index (κ3) is 2.89. The largest absolute Gasteiger partial charge is 0.356 e. The standard InChI is InChI=1S/C17H19N5O3S/c1-20-5-4-13(11-20)17(23)21-6-8-22(9-7-21)26(24,25)14-2-3-15-16(10-14)19-12-18-15/h2-5,10-12H,6-9H2,1H3,(H,18,19). The number of hydrogen-bond donors (Lipinski definition) is 1. The Morgan fingerprint density at radius 3 is 2.62 bits per heavy atom. The Hall–Kier alpha value is -2.65. The molecule has 9 heteroatoms. The first kappa shape index (κ1) is 16.8. The maximum Gasteiger partial charge on any atom is 0.255 e. The molecule has 1 aliphatic heterocycles. The molecule has 8 nitrogen and oxygen atoms in total. The van der Waals surface area contributed by atoms with E-state index in [0.29, 0.717) is 24.2 Å². The van der Waals surface area contributed by atoms with Gasteiger partial charge in [-0.2, -0.15) is 4.31 Å². The molecule has 2 aromatic heterocycles. The summed E-state index contributed by atoms with van der Waals surface area (Å²) in [5, 5.41) is 0. The van der Waals surface area contributed by atoms with Gasteiger partial charge < -0.3 is 14.5 Å². The van der Waals surface area contributed by atoms with Gasteiger partial charge in [-0.25, -0.2) is 13.4 Å². The molecule has 1 fully saturated rings. The summed E-state index contributed by atoms with van der Waals surface area (Å²) in [6.07, 6.45) is 5.12.